The first kappa shape index (κ1) is 15.1. The minimum Gasteiger partial charge on any atom is -0.477 e. The van der Waals surface area contributed by atoms with E-state index < -0.39 is 23.2 Å². The lowest BCUT2D eigenvalue weighted by Gasteiger charge is -2.11. The number of rotatable bonds is 4. The fraction of sp³-hybridized carbons (Fsp3) is 0.267. The van der Waals surface area contributed by atoms with Crippen LogP contribution in [0, 0.1) is 0 Å². The number of carbonyl (C=O) groups is 2. The molecule has 6 nitrogen and oxygen atoms in total. The Kier molecular flexibility index (Phi) is 3.20. The van der Waals surface area contributed by atoms with E-state index in [9.17, 15) is 18.4 Å². The molecule has 0 spiro atoms. The van der Waals surface area contributed by atoms with Gasteiger partial charge in [0.2, 0.25) is 0 Å². The fourth-order valence-corrected chi connectivity index (χ4v) is 2.38. The summed E-state index contributed by atoms with van der Waals surface area (Å²) in [6, 6.07) is 7.25. The highest BCUT2D eigenvalue weighted by molar-refractivity contribution is 6.04. The normalized spacial score (nSPS) is 21.7. The molecule has 120 valence electrons. The lowest BCUT2D eigenvalue weighted by Crippen LogP contribution is -2.14. The van der Waals surface area contributed by atoms with Gasteiger partial charge in [0, 0.05) is 18.2 Å². The van der Waals surface area contributed by atoms with E-state index in [-0.39, 0.29) is 17.8 Å². The molecular weight excluding hydrogens is 308 g/mol. The quantitative estimate of drug-likeness (QED) is 0.807. The third-order valence-corrected chi connectivity index (χ3v) is 4.08. The number of carbonyl (C=O) groups excluding carboxylic acids is 1. The molecule has 1 unspecified atom stereocenters. The molecule has 1 aromatic carbocycles. The molecule has 3 N–H and O–H groups in total. The van der Waals surface area contributed by atoms with Gasteiger partial charge in [-0.15, -0.1) is 0 Å². The highest BCUT2D eigenvalue weighted by atomic mass is 19.3. The number of aromatic amines is 1. The molecule has 1 aliphatic rings. The lowest BCUT2D eigenvalue weighted by atomic mass is 9.97. The van der Waals surface area contributed by atoms with Gasteiger partial charge in [-0.25, -0.2) is 13.6 Å². The van der Waals surface area contributed by atoms with Gasteiger partial charge in [0.1, 0.15) is 5.69 Å². The summed E-state index contributed by atoms with van der Waals surface area (Å²) in [5.74, 6) is -4.51. The van der Waals surface area contributed by atoms with E-state index in [2.05, 4.69) is 15.5 Å². The number of anilines is 1. The Bertz CT molecular complexity index is 786. The summed E-state index contributed by atoms with van der Waals surface area (Å²) in [7, 11) is 0. The molecule has 1 heterocycles. The average molecular weight is 321 g/mol. The second-order valence-electron chi connectivity index (χ2n) is 5.72. The minimum atomic E-state index is -2.69. The zero-order chi connectivity index (χ0) is 16.8. The topological polar surface area (TPSA) is 95.1 Å². The number of aromatic nitrogens is 2. The average Bonchev–Trinajstić information content (AvgIpc) is 2.88. The Morgan fingerprint density at radius 3 is 2.39 bits per heavy atom. The zero-order valence-electron chi connectivity index (χ0n) is 12.1. The molecule has 1 aliphatic carbocycles. The van der Waals surface area contributed by atoms with Crippen LogP contribution in [0.15, 0.2) is 30.3 Å². The van der Waals surface area contributed by atoms with Gasteiger partial charge in [0.15, 0.2) is 5.69 Å². The monoisotopic (exact) mass is 321 g/mol. The van der Waals surface area contributed by atoms with E-state index in [1.807, 2.05) is 0 Å². The first-order valence-electron chi connectivity index (χ1n) is 6.81. The molecule has 1 amide bonds. The summed E-state index contributed by atoms with van der Waals surface area (Å²) in [5, 5.41) is 17.1. The van der Waals surface area contributed by atoms with E-state index in [0.717, 1.165) is 6.07 Å². The van der Waals surface area contributed by atoms with Crippen molar-refractivity contribution in [3.05, 3.63) is 47.3 Å². The third-order valence-electron chi connectivity index (χ3n) is 4.08. The van der Waals surface area contributed by atoms with Gasteiger partial charge in [-0.05, 0) is 24.6 Å². The second kappa shape index (κ2) is 4.87. The number of amides is 1. The maximum atomic E-state index is 13.3. The van der Waals surface area contributed by atoms with Crippen LogP contribution in [0.5, 0.6) is 0 Å². The van der Waals surface area contributed by atoms with Crippen LogP contribution >= 0.6 is 0 Å². The van der Waals surface area contributed by atoms with Gasteiger partial charge in [-0.3, -0.25) is 9.89 Å². The van der Waals surface area contributed by atoms with Crippen LogP contribution in [-0.2, 0) is 5.41 Å². The van der Waals surface area contributed by atoms with E-state index in [1.54, 1.807) is 12.1 Å². The zero-order valence-corrected chi connectivity index (χ0v) is 12.1. The molecular formula is C15H13F2N3O3. The Morgan fingerprint density at radius 2 is 1.91 bits per heavy atom. The van der Waals surface area contributed by atoms with Crippen LogP contribution in [0.2, 0.25) is 0 Å². The number of benzene rings is 1. The molecule has 0 aliphatic heterocycles. The van der Waals surface area contributed by atoms with Gasteiger partial charge < -0.3 is 10.4 Å². The molecule has 23 heavy (non-hydrogen) atoms. The standard InChI is InChI=1S/C15H13F2N3O3/c1-14(7-15(14,16)17)8-2-4-9(5-3-8)18-12(21)10-6-11(13(22)23)20-19-10/h2-6H,7H2,1H3,(H,18,21)(H,19,20)(H,22,23). The number of alkyl halides is 2. The molecule has 1 saturated carbocycles. The Hall–Kier alpha value is -2.77. The molecule has 1 fully saturated rings. The predicted octanol–water partition coefficient (Wildman–Crippen LogP) is 2.66. The van der Waals surface area contributed by atoms with Crippen LogP contribution in [-0.4, -0.2) is 33.1 Å². The van der Waals surface area contributed by atoms with Crippen molar-refractivity contribution in [3.63, 3.8) is 0 Å². The SMILES string of the molecule is CC1(c2ccc(NC(=O)c3cc(C(=O)O)[nH]n3)cc2)CC1(F)F. The van der Waals surface area contributed by atoms with E-state index in [1.165, 1.54) is 19.1 Å². The number of hydrogen-bond donors (Lipinski definition) is 3. The van der Waals surface area contributed by atoms with Crippen molar-refractivity contribution in [1.29, 1.82) is 0 Å². The number of carboxylic acids is 1. The number of carboxylic acid groups (broad SMARTS) is 1. The number of nitrogens with zero attached hydrogens (tertiary/aromatic N) is 1. The van der Waals surface area contributed by atoms with Gasteiger partial charge in [0.05, 0.1) is 5.41 Å². The first-order valence-corrected chi connectivity index (χ1v) is 6.81. The molecule has 0 bridgehead atoms. The summed E-state index contributed by atoms with van der Waals surface area (Å²) in [4.78, 5) is 22.7. The number of H-pyrrole nitrogens is 1. The van der Waals surface area contributed by atoms with Crippen molar-refractivity contribution in [3.8, 4) is 0 Å². The van der Waals surface area contributed by atoms with Gasteiger partial charge in [-0.2, -0.15) is 5.10 Å². The molecule has 0 saturated heterocycles. The lowest BCUT2D eigenvalue weighted by molar-refractivity contribution is 0.0690. The van der Waals surface area contributed by atoms with E-state index >= 15 is 0 Å². The van der Waals surface area contributed by atoms with Gasteiger partial charge in [-0.1, -0.05) is 12.1 Å². The van der Waals surface area contributed by atoms with E-state index in [0.29, 0.717) is 11.3 Å². The Morgan fingerprint density at radius 1 is 1.30 bits per heavy atom. The first-order chi connectivity index (χ1) is 10.7. The highest BCUT2D eigenvalue weighted by Gasteiger charge is 2.68. The summed E-state index contributed by atoms with van der Waals surface area (Å²) < 4.78 is 26.7. The molecule has 0 radical (unpaired) electrons. The fourth-order valence-electron chi connectivity index (χ4n) is 2.38. The van der Waals surface area contributed by atoms with E-state index in [4.69, 9.17) is 5.11 Å². The predicted molar refractivity (Wildman–Crippen MR) is 76.9 cm³/mol. The summed E-state index contributed by atoms with van der Waals surface area (Å²) in [5.41, 5.74) is -0.505. The van der Waals surface area contributed by atoms with Crippen LogP contribution in [0.3, 0.4) is 0 Å². The number of aromatic carboxylic acids is 1. The number of halogens is 2. The Balaban J connectivity index is 1.71. The van der Waals surface area contributed by atoms with Crippen LogP contribution in [0.25, 0.3) is 0 Å². The molecule has 1 aromatic heterocycles. The third kappa shape index (κ3) is 2.56. The van der Waals surface area contributed by atoms with Crippen molar-refractivity contribution in [1.82, 2.24) is 10.2 Å². The van der Waals surface area contributed by atoms with Crippen LogP contribution in [0.4, 0.5) is 14.5 Å². The maximum Gasteiger partial charge on any atom is 0.353 e. The largest absolute Gasteiger partial charge is 0.477 e. The molecule has 8 heteroatoms. The number of nitrogens with one attached hydrogen (secondary N) is 2. The van der Waals surface area contributed by atoms with Gasteiger partial charge in [0.25, 0.3) is 11.8 Å². The van der Waals surface area contributed by atoms with Crippen molar-refractivity contribution < 1.29 is 23.5 Å². The van der Waals surface area contributed by atoms with Gasteiger partial charge >= 0.3 is 5.97 Å². The smallest absolute Gasteiger partial charge is 0.353 e. The summed E-state index contributed by atoms with van der Waals surface area (Å²) in [6.45, 7) is 1.50. The second-order valence-corrected chi connectivity index (χ2v) is 5.72. The molecule has 1 atom stereocenters. The maximum absolute atomic E-state index is 13.3. The van der Waals surface area contributed by atoms with Crippen molar-refractivity contribution in [2.24, 2.45) is 0 Å². The molecule has 2 aromatic rings. The highest BCUT2D eigenvalue weighted by Crippen LogP contribution is 2.61. The van der Waals surface area contributed by atoms with Crippen molar-refractivity contribution >= 4 is 17.6 Å². The van der Waals surface area contributed by atoms with Crippen LogP contribution < -0.4 is 5.32 Å². The molecule has 3 rings (SSSR count). The summed E-state index contributed by atoms with van der Waals surface area (Å²) in [6.07, 6.45) is -0.184. The van der Waals surface area contributed by atoms with Crippen molar-refractivity contribution in [2.45, 2.75) is 24.7 Å². The van der Waals surface area contributed by atoms with Crippen molar-refractivity contribution in [2.75, 3.05) is 5.32 Å². The summed E-state index contributed by atoms with van der Waals surface area (Å²) >= 11 is 0. The number of hydrogen-bond acceptors (Lipinski definition) is 3. The minimum absolute atomic E-state index is 0.0767. The van der Waals surface area contributed by atoms with Crippen LogP contribution in [0.1, 0.15) is 39.9 Å². The Labute approximate surface area is 129 Å².